The number of esters is 1. The Morgan fingerprint density at radius 3 is 2.09 bits per heavy atom. The topological polar surface area (TPSA) is 86.7 Å². The van der Waals surface area contributed by atoms with Crippen molar-refractivity contribution in [1.29, 1.82) is 0 Å². The van der Waals surface area contributed by atoms with Gasteiger partial charge < -0.3 is 9.47 Å². The molecule has 2 aromatic rings. The number of benzene rings is 2. The fraction of sp³-hybridized carbons (Fsp3) is 0.375. The molecule has 1 radical (unpaired) electrons. The average Bonchev–Trinajstić information content (AvgIpc) is 2.77. The Bertz CT molecular complexity index is 1080. The van der Waals surface area contributed by atoms with Crippen molar-refractivity contribution in [1.82, 2.24) is 0 Å². The summed E-state index contributed by atoms with van der Waals surface area (Å²) < 4.78 is 73.9. The van der Waals surface area contributed by atoms with Crippen molar-refractivity contribution in [3.8, 4) is 5.75 Å². The molecule has 0 saturated carbocycles. The molecule has 0 bridgehead atoms. The molecule has 185 valence electrons. The minimum Gasteiger partial charge on any atom is -0.497 e. The molecule has 2 rings (SSSR count). The number of hydrogen-bond donors (Lipinski definition) is 0. The van der Waals surface area contributed by atoms with Gasteiger partial charge in [-0.3, -0.25) is 9.59 Å². The molecule has 0 heterocycles. The van der Waals surface area contributed by atoms with E-state index in [0.717, 1.165) is 30.5 Å². The molecular formula is C24H26F3O6S. The fourth-order valence-electron chi connectivity index (χ4n) is 3.46. The molecule has 0 saturated heterocycles. The van der Waals surface area contributed by atoms with E-state index in [2.05, 4.69) is 0 Å². The Morgan fingerprint density at radius 2 is 1.62 bits per heavy atom. The number of methoxy groups -OCH3 is 1. The molecule has 0 N–H and O–H groups in total. The lowest BCUT2D eigenvalue weighted by atomic mass is 9.88. The molecule has 10 heteroatoms. The fourth-order valence-corrected chi connectivity index (χ4v) is 4.67. The maximum Gasteiger partial charge on any atom is 0.416 e. The summed E-state index contributed by atoms with van der Waals surface area (Å²) in [5, 5.41) is -1.67. The summed E-state index contributed by atoms with van der Waals surface area (Å²) in [6.07, 6.45) is -2.15. The first kappa shape index (κ1) is 27.4. The van der Waals surface area contributed by atoms with Gasteiger partial charge in [0.2, 0.25) is 0 Å². The first-order valence-electron chi connectivity index (χ1n) is 10.4. The second kappa shape index (κ2) is 11.5. The van der Waals surface area contributed by atoms with Crippen LogP contribution in [0.4, 0.5) is 13.2 Å². The molecule has 2 unspecified atom stereocenters. The molecular weight excluding hydrogens is 473 g/mol. The zero-order chi connectivity index (χ0) is 25.5. The van der Waals surface area contributed by atoms with E-state index in [9.17, 15) is 31.2 Å². The van der Waals surface area contributed by atoms with Gasteiger partial charge in [0.25, 0.3) is 0 Å². The van der Waals surface area contributed by atoms with E-state index in [-0.39, 0.29) is 30.8 Å². The number of ketones is 1. The van der Waals surface area contributed by atoms with Crippen LogP contribution < -0.4 is 4.74 Å². The highest BCUT2D eigenvalue weighted by molar-refractivity contribution is 7.92. The Hall–Kier alpha value is -2.88. The van der Waals surface area contributed by atoms with Crippen LogP contribution in [0.5, 0.6) is 5.75 Å². The summed E-state index contributed by atoms with van der Waals surface area (Å²) in [4.78, 5) is 25.1. The number of halogens is 3. The minimum absolute atomic E-state index is 0.00275. The van der Waals surface area contributed by atoms with Crippen LogP contribution in [0.1, 0.15) is 47.2 Å². The van der Waals surface area contributed by atoms with Crippen LogP contribution in [0.15, 0.2) is 48.5 Å². The number of alkyl halides is 3. The molecule has 0 aliphatic heterocycles. The number of Topliss-reactive ketones (excluding diaryl/α,β-unsaturated/α-hetero) is 1. The molecule has 2 aromatic carbocycles. The number of rotatable bonds is 11. The highest BCUT2D eigenvalue weighted by Crippen LogP contribution is 2.34. The van der Waals surface area contributed by atoms with Gasteiger partial charge >= 0.3 is 12.1 Å². The zero-order valence-corrected chi connectivity index (χ0v) is 19.8. The molecule has 0 aliphatic rings. The number of carbonyl (C=O) groups excluding carboxylic acids is 2. The normalized spacial score (nSPS) is 13.7. The Balaban J connectivity index is 2.30. The second-order valence-corrected chi connectivity index (χ2v) is 9.74. The van der Waals surface area contributed by atoms with Crippen LogP contribution in [0.3, 0.4) is 0 Å². The van der Waals surface area contributed by atoms with Crippen molar-refractivity contribution < 1.29 is 40.7 Å². The predicted octanol–water partition coefficient (Wildman–Crippen LogP) is 4.64. The van der Waals surface area contributed by atoms with Gasteiger partial charge in [-0.15, -0.1) is 0 Å². The summed E-state index contributed by atoms with van der Waals surface area (Å²) in [5.41, 5.74) is -0.296. The van der Waals surface area contributed by atoms with E-state index in [1.165, 1.54) is 20.5 Å². The lowest BCUT2D eigenvalue weighted by Gasteiger charge is -2.25. The van der Waals surface area contributed by atoms with Crippen molar-refractivity contribution in [2.24, 2.45) is 0 Å². The maximum absolute atomic E-state index is 13.0. The van der Waals surface area contributed by atoms with Gasteiger partial charge in [0.1, 0.15) is 5.75 Å². The van der Waals surface area contributed by atoms with Crippen LogP contribution >= 0.6 is 0 Å². The van der Waals surface area contributed by atoms with E-state index in [1.807, 2.05) is 0 Å². The van der Waals surface area contributed by atoms with Crippen molar-refractivity contribution in [2.45, 2.75) is 37.1 Å². The maximum atomic E-state index is 13.0. The molecule has 34 heavy (non-hydrogen) atoms. The quantitative estimate of drug-likeness (QED) is 0.331. The van der Waals surface area contributed by atoms with Gasteiger partial charge in [0, 0.05) is 24.2 Å². The molecule has 2 atom stereocenters. The summed E-state index contributed by atoms with van der Waals surface area (Å²) in [7, 11) is -2.51. The van der Waals surface area contributed by atoms with Crippen LogP contribution in [0.25, 0.3) is 0 Å². The van der Waals surface area contributed by atoms with Gasteiger partial charge in [-0.05, 0) is 61.7 Å². The first-order chi connectivity index (χ1) is 15.9. The zero-order valence-electron chi connectivity index (χ0n) is 19.0. The van der Waals surface area contributed by atoms with Crippen molar-refractivity contribution in [3.05, 3.63) is 71.6 Å². The average molecular weight is 500 g/mol. The summed E-state index contributed by atoms with van der Waals surface area (Å²) in [6.45, 7) is 1.45. The molecule has 0 aliphatic carbocycles. The number of hydrogen-bond acceptors (Lipinski definition) is 6. The molecule has 0 amide bonds. The standard InChI is InChI=1S/C24H26F3O6S/c1-4-33-23(29)22(34(3,30)31)20(16-8-12-18(13-9-16)24(25,26)27)6-5-7-21(28)17-10-14-19(32-2)15-11-17/h6,8-15,20,22H,4-5,7H2,1-3H3. The van der Waals surface area contributed by atoms with E-state index < -0.39 is 38.7 Å². The van der Waals surface area contributed by atoms with Crippen molar-refractivity contribution in [2.75, 3.05) is 20.0 Å². The summed E-state index contributed by atoms with van der Waals surface area (Å²) in [5.74, 6) is -1.76. The van der Waals surface area contributed by atoms with Crippen LogP contribution in [-0.2, 0) is 25.5 Å². The van der Waals surface area contributed by atoms with Gasteiger partial charge in [-0.2, -0.15) is 13.2 Å². The Labute approximate surface area is 197 Å². The van der Waals surface area contributed by atoms with Gasteiger partial charge in [-0.25, -0.2) is 8.42 Å². The molecule has 0 spiro atoms. The second-order valence-electron chi connectivity index (χ2n) is 7.57. The van der Waals surface area contributed by atoms with Crippen molar-refractivity contribution >= 4 is 21.6 Å². The molecule has 0 fully saturated rings. The summed E-state index contributed by atoms with van der Waals surface area (Å²) >= 11 is 0. The molecule has 0 aromatic heterocycles. The number of ether oxygens (including phenoxy) is 2. The summed E-state index contributed by atoms with van der Waals surface area (Å²) in [6, 6.07) is 10.3. The third-order valence-electron chi connectivity index (χ3n) is 5.13. The van der Waals surface area contributed by atoms with Crippen LogP contribution in [0.2, 0.25) is 0 Å². The third kappa shape index (κ3) is 7.31. The Morgan fingerprint density at radius 1 is 1.03 bits per heavy atom. The number of sulfone groups is 1. The number of carbonyl (C=O) groups is 2. The lowest BCUT2D eigenvalue weighted by Crippen LogP contribution is -2.37. The van der Waals surface area contributed by atoms with E-state index in [0.29, 0.717) is 11.3 Å². The minimum atomic E-state index is -4.57. The predicted molar refractivity (Wildman–Crippen MR) is 120 cm³/mol. The van der Waals surface area contributed by atoms with E-state index in [1.54, 1.807) is 24.3 Å². The highest BCUT2D eigenvalue weighted by atomic mass is 32.2. The van der Waals surface area contributed by atoms with Crippen LogP contribution in [-0.4, -0.2) is 45.4 Å². The van der Waals surface area contributed by atoms with E-state index >= 15 is 0 Å². The van der Waals surface area contributed by atoms with Crippen molar-refractivity contribution in [3.63, 3.8) is 0 Å². The van der Waals surface area contributed by atoms with E-state index in [4.69, 9.17) is 9.47 Å². The van der Waals surface area contributed by atoms with Gasteiger partial charge in [0.05, 0.1) is 19.3 Å². The third-order valence-corrected chi connectivity index (χ3v) is 6.54. The monoisotopic (exact) mass is 499 g/mol. The highest BCUT2D eigenvalue weighted by Gasteiger charge is 2.39. The lowest BCUT2D eigenvalue weighted by molar-refractivity contribution is -0.143. The Kier molecular flexibility index (Phi) is 9.26. The molecule has 6 nitrogen and oxygen atoms in total. The van der Waals surface area contributed by atoms with Gasteiger partial charge in [0.15, 0.2) is 20.9 Å². The largest absolute Gasteiger partial charge is 0.497 e. The SMILES string of the molecule is CCOC(=O)C(C([CH]CCC(=O)c1ccc(OC)cc1)c1ccc(C(F)(F)F)cc1)S(C)(=O)=O. The smallest absolute Gasteiger partial charge is 0.416 e. The van der Waals surface area contributed by atoms with Crippen LogP contribution in [0, 0.1) is 6.42 Å². The first-order valence-corrected chi connectivity index (χ1v) is 12.4. The van der Waals surface area contributed by atoms with Gasteiger partial charge in [-0.1, -0.05) is 12.1 Å².